The van der Waals surface area contributed by atoms with Crippen LogP contribution < -0.4 is 10.6 Å². The number of carbonyl (C=O) groups excluding carboxylic acids is 3. The minimum Gasteiger partial charge on any atom is -0.455 e. The van der Waals surface area contributed by atoms with Gasteiger partial charge in [-0.05, 0) is 41.6 Å². The average molecular weight is 489 g/mol. The molecule has 2 aromatic rings. The molecule has 0 unspecified atom stereocenters. The van der Waals surface area contributed by atoms with Gasteiger partial charge in [0, 0.05) is 9.64 Å². The number of halogens is 1. The summed E-state index contributed by atoms with van der Waals surface area (Å²) in [5, 5.41) is 8.83. The number of rotatable bonds is 8. The predicted molar refractivity (Wildman–Crippen MR) is 106 cm³/mol. The van der Waals surface area contributed by atoms with Gasteiger partial charge in [-0.25, -0.2) is 0 Å². The molecule has 2 amide bonds. The van der Waals surface area contributed by atoms with Gasteiger partial charge in [-0.3, -0.25) is 14.4 Å². The van der Waals surface area contributed by atoms with Crippen molar-refractivity contribution in [3.8, 4) is 0 Å². The topological polar surface area (TPSA) is 111 Å². The molecule has 10 heteroatoms. The fourth-order valence-corrected chi connectivity index (χ4v) is 2.90. The first-order valence-corrected chi connectivity index (χ1v) is 9.68. The van der Waals surface area contributed by atoms with Crippen LogP contribution in [0.2, 0.25) is 0 Å². The number of hydrogen-bond donors (Lipinski definition) is 2. The molecule has 1 aromatic heterocycles. The standard InChI is InChI=1S/C16H16IN3O5S/c1-10-6-13(20-25-10)19-15(22)8-26-9-16(23)24-7-14(21)18-12-5-3-2-4-11(12)17/h2-6H,7-9H2,1H3,(H,18,21)(H,19,20,22). The van der Waals surface area contributed by atoms with Crippen molar-refractivity contribution < 1.29 is 23.6 Å². The van der Waals surface area contributed by atoms with E-state index >= 15 is 0 Å². The zero-order valence-electron chi connectivity index (χ0n) is 13.8. The summed E-state index contributed by atoms with van der Waals surface area (Å²) in [6.07, 6.45) is 0. The van der Waals surface area contributed by atoms with Gasteiger partial charge in [0.05, 0.1) is 17.2 Å². The molecule has 0 aliphatic rings. The van der Waals surface area contributed by atoms with Crippen LogP contribution in [0.15, 0.2) is 34.9 Å². The highest BCUT2D eigenvalue weighted by molar-refractivity contribution is 14.1. The second kappa shape index (κ2) is 10.2. The van der Waals surface area contributed by atoms with Crippen LogP contribution >= 0.6 is 34.4 Å². The zero-order chi connectivity index (χ0) is 18.9. The van der Waals surface area contributed by atoms with Gasteiger partial charge in [0.15, 0.2) is 12.4 Å². The maximum Gasteiger partial charge on any atom is 0.316 e. The fraction of sp³-hybridized carbons (Fsp3) is 0.250. The van der Waals surface area contributed by atoms with E-state index in [9.17, 15) is 14.4 Å². The van der Waals surface area contributed by atoms with Gasteiger partial charge in [-0.15, -0.1) is 11.8 Å². The van der Waals surface area contributed by atoms with Crippen molar-refractivity contribution in [3.63, 3.8) is 0 Å². The van der Waals surface area contributed by atoms with E-state index in [1.54, 1.807) is 25.1 Å². The van der Waals surface area contributed by atoms with E-state index in [1.165, 1.54) is 0 Å². The molecule has 0 fully saturated rings. The number of esters is 1. The summed E-state index contributed by atoms with van der Waals surface area (Å²) in [6.45, 7) is 1.33. The number of carbonyl (C=O) groups is 3. The van der Waals surface area contributed by atoms with Crippen LogP contribution in [0.5, 0.6) is 0 Å². The second-order valence-corrected chi connectivity index (χ2v) is 7.20. The van der Waals surface area contributed by atoms with Crippen molar-refractivity contribution in [2.24, 2.45) is 0 Å². The smallest absolute Gasteiger partial charge is 0.316 e. The monoisotopic (exact) mass is 489 g/mol. The third kappa shape index (κ3) is 7.04. The molecule has 138 valence electrons. The summed E-state index contributed by atoms with van der Waals surface area (Å²) in [5.74, 6) is -0.392. The molecular weight excluding hydrogens is 473 g/mol. The van der Waals surface area contributed by atoms with Crippen molar-refractivity contribution in [3.05, 3.63) is 39.7 Å². The summed E-state index contributed by atoms with van der Waals surface area (Å²) in [5.41, 5.74) is 0.656. The summed E-state index contributed by atoms with van der Waals surface area (Å²) in [7, 11) is 0. The Bertz CT molecular complexity index is 796. The third-order valence-corrected chi connectivity index (χ3v) is 4.71. The van der Waals surface area contributed by atoms with Crippen LogP contribution in [0.1, 0.15) is 5.76 Å². The van der Waals surface area contributed by atoms with Gasteiger partial charge in [-0.1, -0.05) is 17.3 Å². The average Bonchev–Trinajstić information content (AvgIpc) is 3.00. The summed E-state index contributed by atoms with van der Waals surface area (Å²) < 4.78 is 10.6. The first-order chi connectivity index (χ1) is 12.4. The quantitative estimate of drug-likeness (QED) is 0.433. The number of amides is 2. The SMILES string of the molecule is Cc1cc(NC(=O)CSCC(=O)OCC(=O)Nc2ccccc2I)no1. The predicted octanol–water partition coefficient (Wildman–Crippen LogP) is 2.44. The van der Waals surface area contributed by atoms with Crippen molar-refractivity contribution in [2.45, 2.75) is 6.92 Å². The van der Waals surface area contributed by atoms with Crippen LogP contribution in [0.25, 0.3) is 0 Å². The van der Waals surface area contributed by atoms with Gasteiger partial charge in [0.2, 0.25) is 5.91 Å². The molecule has 0 atom stereocenters. The highest BCUT2D eigenvalue weighted by Crippen LogP contribution is 2.16. The maximum absolute atomic E-state index is 11.8. The number of thioether (sulfide) groups is 1. The van der Waals surface area contributed by atoms with Crippen LogP contribution in [0.3, 0.4) is 0 Å². The van der Waals surface area contributed by atoms with Crippen LogP contribution in [0, 0.1) is 10.5 Å². The Morgan fingerprint density at radius 3 is 2.65 bits per heavy atom. The molecule has 0 radical (unpaired) electrons. The fourth-order valence-electron chi connectivity index (χ4n) is 1.77. The molecule has 2 rings (SSSR count). The van der Waals surface area contributed by atoms with Gasteiger partial charge in [0.1, 0.15) is 5.76 Å². The number of ether oxygens (including phenoxy) is 1. The third-order valence-electron chi connectivity index (χ3n) is 2.86. The number of nitrogens with one attached hydrogen (secondary N) is 2. The van der Waals surface area contributed by atoms with Gasteiger partial charge in [0.25, 0.3) is 5.91 Å². The molecule has 0 aliphatic heterocycles. The Morgan fingerprint density at radius 2 is 1.96 bits per heavy atom. The number of hydrogen-bond acceptors (Lipinski definition) is 7. The van der Waals surface area contributed by atoms with E-state index in [4.69, 9.17) is 9.26 Å². The summed E-state index contributed by atoms with van der Waals surface area (Å²) >= 11 is 3.17. The van der Waals surface area contributed by atoms with Crippen molar-refractivity contribution in [2.75, 3.05) is 28.7 Å². The second-order valence-electron chi connectivity index (χ2n) is 5.05. The summed E-state index contributed by atoms with van der Waals surface area (Å²) in [6, 6.07) is 8.85. The van der Waals surface area contributed by atoms with E-state index in [0.29, 0.717) is 17.3 Å². The minimum atomic E-state index is -0.571. The lowest BCUT2D eigenvalue weighted by atomic mass is 10.3. The van der Waals surface area contributed by atoms with Gasteiger partial charge in [-0.2, -0.15) is 0 Å². The molecular formula is C16H16IN3O5S. The Morgan fingerprint density at radius 1 is 1.19 bits per heavy atom. The molecule has 26 heavy (non-hydrogen) atoms. The van der Waals surface area contributed by atoms with Gasteiger partial charge >= 0.3 is 5.97 Å². The molecule has 0 bridgehead atoms. The first-order valence-electron chi connectivity index (χ1n) is 7.45. The maximum atomic E-state index is 11.8. The molecule has 1 aromatic carbocycles. The highest BCUT2D eigenvalue weighted by atomic mass is 127. The Hall–Kier alpha value is -2.08. The molecule has 0 aliphatic carbocycles. The van der Waals surface area contributed by atoms with E-state index < -0.39 is 11.9 Å². The van der Waals surface area contributed by atoms with Crippen molar-refractivity contribution >= 4 is 63.6 Å². The van der Waals surface area contributed by atoms with Crippen molar-refractivity contribution in [1.29, 1.82) is 0 Å². The Labute approximate surface area is 167 Å². The van der Waals surface area contributed by atoms with Crippen LogP contribution in [-0.4, -0.2) is 41.1 Å². The zero-order valence-corrected chi connectivity index (χ0v) is 16.8. The lowest BCUT2D eigenvalue weighted by Crippen LogP contribution is -2.22. The van der Waals surface area contributed by atoms with Crippen LogP contribution in [0.4, 0.5) is 11.5 Å². The molecule has 0 saturated heterocycles. The number of anilines is 2. The largest absolute Gasteiger partial charge is 0.455 e. The van der Waals surface area contributed by atoms with E-state index in [1.807, 2.05) is 12.1 Å². The Kier molecular flexibility index (Phi) is 7.91. The Balaban J connectivity index is 1.62. The molecule has 8 nitrogen and oxygen atoms in total. The number of nitrogens with zero attached hydrogens (tertiary/aromatic N) is 1. The molecule has 1 heterocycles. The van der Waals surface area contributed by atoms with Gasteiger partial charge < -0.3 is 19.9 Å². The molecule has 2 N–H and O–H groups in total. The number of benzene rings is 1. The minimum absolute atomic E-state index is 0.0403. The first kappa shape index (κ1) is 20.2. The highest BCUT2D eigenvalue weighted by Gasteiger charge is 2.11. The van der Waals surface area contributed by atoms with Crippen LogP contribution in [-0.2, 0) is 19.1 Å². The van der Waals surface area contributed by atoms with E-state index in [2.05, 4.69) is 38.4 Å². The van der Waals surface area contributed by atoms with E-state index in [0.717, 1.165) is 15.3 Å². The lowest BCUT2D eigenvalue weighted by Gasteiger charge is -2.08. The number of para-hydroxylation sites is 1. The lowest BCUT2D eigenvalue weighted by molar-refractivity contribution is -0.144. The summed E-state index contributed by atoms with van der Waals surface area (Å²) in [4.78, 5) is 35.1. The number of aromatic nitrogens is 1. The van der Waals surface area contributed by atoms with E-state index in [-0.39, 0.29) is 24.0 Å². The van der Waals surface area contributed by atoms with Crippen molar-refractivity contribution in [1.82, 2.24) is 5.16 Å². The molecule has 0 saturated carbocycles. The molecule has 0 spiro atoms. The normalized spacial score (nSPS) is 10.2. The number of aryl methyl sites for hydroxylation is 1.